The predicted octanol–water partition coefficient (Wildman–Crippen LogP) is 1.12. The molecule has 1 aromatic rings. The summed E-state index contributed by atoms with van der Waals surface area (Å²) in [6.45, 7) is 2.45. The SMILES string of the molecule is O=S(=O)([N-]c1cc(Cl)cc(Cl)c1)N1CC[NH2+]CC1. The Bertz CT molecular complexity index is 510. The summed E-state index contributed by atoms with van der Waals surface area (Å²) in [5.41, 5.74) is 0.252. The molecule has 1 aromatic carbocycles. The molecule has 1 saturated heterocycles. The van der Waals surface area contributed by atoms with Crippen molar-refractivity contribution in [2.45, 2.75) is 0 Å². The fourth-order valence-corrected chi connectivity index (χ4v) is 3.41. The van der Waals surface area contributed by atoms with Gasteiger partial charge in [0.15, 0.2) is 10.2 Å². The molecule has 0 aromatic heterocycles. The van der Waals surface area contributed by atoms with Gasteiger partial charge in [-0.3, -0.25) is 0 Å². The number of piperazine rings is 1. The number of rotatable bonds is 3. The number of hydrogen-bond acceptors (Lipinski definition) is 2. The number of halogens is 2. The lowest BCUT2D eigenvalue weighted by Gasteiger charge is -2.32. The molecule has 1 aliphatic heterocycles. The van der Waals surface area contributed by atoms with E-state index in [1.165, 1.54) is 22.5 Å². The molecule has 0 radical (unpaired) electrons. The second-order valence-corrected chi connectivity index (χ2v) is 6.43. The van der Waals surface area contributed by atoms with Gasteiger partial charge in [-0.2, -0.15) is 0 Å². The fourth-order valence-electron chi connectivity index (χ4n) is 1.74. The summed E-state index contributed by atoms with van der Waals surface area (Å²) in [5.74, 6) is 0. The first-order chi connectivity index (χ1) is 8.47. The topological polar surface area (TPSA) is 68.1 Å². The van der Waals surface area contributed by atoms with Gasteiger partial charge in [-0.25, -0.2) is 12.7 Å². The quantitative estimate of drug-likeness (QED) is 0.909. The molecule has 0 unspecified atom stereocenters. The zero-order valence-corrected chi connectivity index (χ0v) is 11.8. The highest BCUT2D eigenvalue weighted by atomic mass is 35.5. The largest absolute Gasteiger partial charge is 0.563 e. The molecule has 0 bridgehead atoms. The molecule has 0 aliphatic carbocycles. The van der Waals surface area contributed by atoms with Gasteiger partial charge in [0.1, 0.15) is 0 Å². The molecule has 18 heavy (non-hydrogen) atoms. The van der Waals surface area contributed by atoms with Crippen molar-refractivity contribution < 1.29 is 13.7 Å². The van der Waals surface area contributed by atoms with E-state index in [4.69, 9.17) is 23.2 Å². The molecule has 1 aliphatic rings. The van der Waals surface area contributed by atoms with Crippen LogP contribution in [0.5, 0.6) is 0 Å². The molecule has 0 amide bonds. The summed E-state index contributed by atoms with van der Waals surface area (Å²) >= 11 is 11.6. The summed E-state index contributed by atoms with van der Waals surface area (Å²) in [4.78, 5) is 0. The van der Waals surface area contributed by atoms with Crippen molar-refractivity contribution in [3.05, 3.63) is 33.0 Å². The van der Waals surface area contributed by atoms with Crippen molar-refractivity contribution in [2.75, 3.05) is 26.2 Å². The Morgan fingerprint density at radius 2 is 1.67 bits per heavy atom. The maximum atomic E-state index is 12.0. The van der Waals surface area contributed by atoms with E-state index in [1.54, 1.807) is 0 Å². The van der Waals surface area contributed by atoms with Crippen LogP contribution in [-0.2, 0) is 10.2 Å². The smallest absolute Gasteiger partial charge is 0.160 e. The van der Waals surface area contributed by atoms with E-state index in [0.29, 0.717) is 23.1 Å². The number of nitrogens with two attached hydrogens (primary N) is 1. The molecule has 5 nitrogen and oxygen atoms in total. The van der Waals surface area contributed by atoms with Crippen LogP contribution in [0.4, 0.5) is 5.69 Å². The third-order valence-corrected chi connectivity index (χ3v) is 4.46. The second kappa shape index (κ2) is 5.63. The molecule has 0 spiro atoms. The molecule has 0 saturated carbocycles. The van der Waals surface area contributed by atoms with Crippen LogP contribution in [-0.4, -0.2) is 38.9 Å². The van der Waals surface area contributed by atoms with Gasteiger partial charge in [-0.05, 0) is 6.07 Å². The number of nitrogens with zero attached hydrogens (tertiary/aromatic N) is 2. The maximum Gasteiger partial charge on any atom is 0.160 e. The molecule has 2 rings (SSSR count). The van der Waals surface area contributed by atoms with Gasteiger partial charge in [0, 0.05) is 10.0 Å². The average molecular weight is 310 g/mol. The lowest BCUT2D eigenvalue weighted by molar-refractivity contribution is -0.661. The van der Waals surface area contributed by atoms with Gasteiger partial charge in [-0.15, -0.1) is 5.69 Å². The van der Waals surface area contributed by atoms with E-state index >= 15 is 0 Å². The van der Waals surface area contributed by atoms with Gasteiger partial charge in [-0.1, -0.05) is 35.3 Å². The highest BCUT2D eigenvalue weighted by molar-refractivity contribution is 7.92. The Balaban J connectivity index is 2.16. The minimum absolute atomic E-state index is 0.252. The van der Waals surface area contributed by atoms with Crippen LogP contribution in [0.3, 0.4) is 0 Å². The highest BCUT2D eigenvalue weighted by Gasteiger charge is 2.19. The van der Waals surface area contributed by atoms with E-state index in [9.17, 15) is 8.42 Å². The Morgan fingerprint density at radius 1 is 1.11 bits per heavy atom. The van der Waals surface area contributed by atoms with Gasteiger partial charge in [0.25, 0.3) is 0 Å². The lowest BCUT2D eigenvalue weighted by Crippen LogP contribution is -2.89. The minimum Gasteiger partial charge on any atom is -0.563 e. The normalized spacial score (nSPS) is 17.7. The fraction of sp³-hybridized carbons (Fsp3) is 0.400. The van der Waals surface area contributed by atoms with Crippen LogP contribution in [0.15, 0.2) is 18.2 Å². The number of benzene rings is 1. The Morgan fingerprint density at radius 3 is 2.22 bits per heavy atom. The van der Waals surface area contributed by atoms with E-state index in [0.717, 1.165) is 13.1 Å². The van der Waals surface area contributed by atoms with Crippen LogP contribution in [0.25, 0.3) is 4.72 Å². The summed E-state index contributed by atoms with van der Waals surface area (Å²) in [6.07, 6.45) is 0. The molecular weight excluding hydrogens is 297 g/mol. The van der Waals surface area contributed by atoms with Crippen LogP contribution >= 0.6 is 23.2 Å². The van der Waals surface area contributed by atoms with Crippen molar-refractivity contribution >= 4 is 39.1 Å². The number of hydrogen-bond donors (Lipinski definition) is 1. The third kappa shape index (κ3) is 3.49. The van der Waals surface area contributed by atoms with Crippen LogP contribution in [0, 0.1) is 0 Å². The van der Waals surface area contributed by atoms with Gasteiger partial charge >= 0.3 is 0 Å². The van der Waals surface area contributed by atoms with Crippen molar-refractivity contribution in [3.63, 3.8) is 0 Å². The Labute approximate surface area is 116 Å². The van der Waals surface area contributed by atoms with Crippen molar-refractivity contribution in [1.29, 1.82) is 0 Å². The van der Waals surface area contributed by atoms with Crippen LogP contribution in [0.1, 0.15) is 0 Å². The van der Waals surface area contributed by atoms with E-state index < -0.39 is 10.2 Å². The molecule has 1 heterocycles. The summed E-state index contributed by atoms with van der Waals surface area (Å²) in [7, 11) is -3.65. The Kier molecular flexibility index (Phi) is 4.34. The predicted molar refractivity (Wildman–Crippen MR) is 71.6 cm³/mol. The first kappa shape index (κ1) is 13.9. The first-order valence-corrected chi connectivity index (χ1v) is 7.63. The molecule has 1 fully saturated rings. The molecular formula is C10H13Cl2N3O2S. The summed E-state index contributed by atoms with van der Waals surface area (Å²) < 4.78 is 29.2. The maximum absolute atomic E-state index is 12.0. The van der Waals surface area contributed by atoms with Gasteiger partial charge < -0.3 is 10.0 Å². The van der Waals surface area contributed by atoms with Gasteiger partial charge in [0.05, 0.1) is 26.2 Å². The minimum atomic E-state index is -3.65. The molecule has 100 valence electrons. The zero-order chi connectivity index (χ0) is 13.2. The number of quaternary nitrogens is 1. The Hall–Kier alpha value is -0.530. The van der Waals surface area contributed by atoms with Crippen molar-refractivity contribution in [2.24, 2.45) is 0 Å². The van der Waals surface area contributed by atoms with E-state index in [-0.39, 0.29) is 5.69 Å². The monoisotopic (exact) mass is 309 g/mol. The zero-order valence-electron chi connectivity index (χ0n) is 9.51. The second-order valence-electron chi connectivity index (χ2n) is 3.96. The first-order valence-electron chi connectivity index (χ1n) is 5.48. The third-order valence-electron chi connectivity index (χ3n) is 2.56. The molecule has 8 heteroatoms. The summed E-state index contributed by atoms with van der Waals surface area (Å²) in [6, 6.07) is 4.48. The molecule has 0 atom stereocenters. The average Bonchev–Trinajstić information content (AvgIpc) is 2.28. The van der Waals surface area contributed by atoms with E-state index in [1.807, 2.05) is 0 Å². The molecule has 2 N–H and O–H groups in total. The van der Waals surface area contributed by atoms with Crippen molar-refractivity contribution in [1.82, 2.24) is 4.31 Å². The van der Waals surface area contributed by atoms with Crippen LogP contribution < -0.4 is 5.32 Å². The van der Waals surface area contributed by atoms with Crippen LogP contribution in [0.2, 0.25) is 10.0 Å². The van der Waals surface area contributed by atoms with Gasteiger partial charge in [0.2, 0.25) is 0 Å². The van der Waals surface area contributed by atoms with Crippen molar-refractivity contribution in [3.8, 4) is 0 Å². The van der Waals surface area contributed by atoms with E-state index in [2.05, 4.69) is 10.0 Å². The highest BCUT2D eigenvalue weighted by Crippen LogP contribution is 2.30. The lowest BCUT2D eigenvalue weighted by atomic mass is 10.3. The standard InChI is InChI=1S/C10H12Cl2N3O2S/c11-8-5-9(12)7-10(6-8)14-18(16,17)15-3-1-13-2-4-15/h5-7,13H,1-4H2/q-1/p+1. The summed E-state index contributed by atoms with van der Waals surface area (Å²) in [5, 5.41) is 2.80.